The van der Waals surface area contributed by atoms with Gasteiger partial charge in [0.1, 0.15) is 5.00 Å². The zero-order valence-corrected chi connectivity index (χ0v) is 27.6. The van der Waals surface area contributed by atoms with Gasteiger partial charge in [-0.05, 0) is 61.1 Å². The van der Waals surface area contributed by atoms with Gasteiger partial charge in [-0.15, -0.1) is 11.3 Å². The Kier molecular flexibility index (Phi) is 11.4. The fraction of sp³-hybridized carbons (Fsp3) is 0.455. The van der Waals surface area contributed by atoms with Crippen LogP contribution in [-0.4, -0.2) is 94.5 Å². The van der Waals surface area contributed by atoms with Crippen molar-refractivity contribution in [1.29, 1.82) is 0 Å². The number of methoxy groups -OCH3 is 2. The number of hydrogen-bond acceptors (Lipinski definition) is 8. The molecule has 12 heteroatoms. The predicted molar refractivity (Wildman–Crippen MR) is 175 cm³/mol. The van der Waals surface area contributed by atoms with Crippen LogP contribution in [0.3, 0.4) is 0 Å². The topological polar surface area (TPSA) is 108 Å². The molecule has 5 rings (SSSR count). The number of piperidine rings is 1. The number of amides is 2. The second kappa shape index (κ2) is 15.4. The Morgan fingerprint density at radius 1 is 0.911 bits per heavy atom. The van der Waals surface area contributed by atoms with E-state index in [1.54, 1.807) is 0 Å². The summed E-state index contributed by atoms with van der Waals surface area (Å²) in [5, 5.41) is 3.59. The number of anilines is 1. The molecule has 0 radical (unpaired) electrons. The maximum Gasteiger partial charge on any atom is 0.257 e. The molecular weight excluding hydrogens is 613 g/mol. The first-order valence-electron chi connectivity index (χ1n) is 15.4. The molecule has 1 N–H and O–H groups in total. The highest BCUT2D eigenvalue weighted by Gasteiger charge is 2.32. The maximum atomic E-state index is 13.9. The van der Waals surface area contributed by atoms with Crippen LogP contribution >= 0.6 is 11.3 Å². The predicted octanol–water partition coefficient (Wildman–Crippen LogP) is 4.47. The molecule has 0 atom stereocenters. The number of thiophene rings is 1. The van der Waals surface area contributed by atoms with Crippen molar-refractivity contribution in [2.75, 3.05) is 65.5 Å². The Labute approximate surface area is 270 Å². The van der Waals surface area contributed by atoms with Gasteiger partial charge in [0.15, 0.2) is 0 Å². The highest BCUT2D eigenvalue weighted by molar-refractivity contribution is 7.89. The Morgan fingerprint density at radius 3 is 2.22 bits per heavy atom. The summed E-state index contributed by atoms with van der Waals surface area (Å²) in [5.74, 6) is -0.408. The SMILES string of the molecule is COCCN(CCOC)S(=O)(=O)c1ccc(C(=O)Nc2sc3c(c2C(=O)N2CCCCC2)CCN(Cc2ccccc2)C3)cc1. The Hall–Kier alpha value is -3.13. The zero-order valence-electron chi connectivity index (χ0n) is 26.0. The summed E-state index contributed by atoms with van der Waals surface area (Å²) >= 11 is 1.47. The van der Waals surface area contributed by atoms with Crippen LogP contribution in [0.4, 0.5) is 5.00 Å². The minimum absolute atomic E-state index is 0.0207. The lowest BCUT2D eigenvalue weighted by Gasteiger charge is -2.29. The number of likely N-dealkylation sites (tertiary alicyclic amines) is 1. The number of nitrogens with one attached hydrogen (secondary N) is 1. The lowest BCUT2D eigenvalue weighted by molar-refractivity contribution is 0.0724. The van der Waals surface area contributed by atoms with E-state index in [0.29, 0.717) is 22.7 Å². The van der Waals surface area contributed by atoms with E-state index in [9.17, 15) is 18.0 Å². The lowest BCUT2D eigenvalue weighted by Crippen LogP contribution is -2.37. The van der Waals surface area contributed by atoms with Crippen LogP contribution in [0.2, 0.25) is 0 Å². The van der Waals surface area contributed by atoms with Gasteiger partial charge >= 0.3 is 0 Å². The number of rotatable bonds is 13. The molecule has 1 aromatic heterocycles. The molecule has 242 valence electrons. The van der Waals surface area contributed by atoms with E-state index in [2.05, 4.69) is 22.3 Å². The lowest BCUT2D eigenvalue weighted by atomic mass is 10.00. The number of carbonyl (C=O) groups excluding carboxylic acids is 2. The summed E-state index contributed by atoms with van der Waals surface area (Å²) in [5.41, 5.74) is 3.18. The van der Waals surface area contributed by atoms with Gasteiger partial charge in [-0.1, -0.05) is 30.3 Å². The summed E-state index contributed by atoms with van der Waals surface area (Å²) in [6, 6.07) is 16.2. The number of nitrogens with zero attached hydrogens (tertiary/aromatic N) is 3. The fourth-order valence-electron chi connectivity index (χ4n) is 5.84. The molecule has 2 amide bonds. The third-order valence-electron chi connectivity index (χ3n) is 8.31. The highest BCUT2D eigenvalue weighted by atomic mass is 32.2. The van der Waals surface area contributed by atoms with Gasteiger partial charge in [0.25, 0.3) is 11.8 Å². The quantitative estimate of drug-likeness (QED) is 0.290. The van der Waals surface area contributed by atoms with Gasteiger partial charge < -0.3 is 19.7 Å². The van der Waals surface area contributed by atoms with Crippen molar-refractivity contribution in [3.8, 4) is 0 Å². The molecule has 3 heterocycles. The summed E-state index contributed by atoms with van der Waals surface area (Å²) in [6.45, 7) is 4.66. The third kappa shape index (κ3) is 8.00. The van der Waals surface area contributed by atoms with Crippen molar-refractivity contribution in [2.24, 2.45) is 0 Å². The summed E-state index contributed by atoms with van der Waals surface area (Å²) < 4.78 is 38.1. The standard InChI is InChI=1S/C33H42N4O6S2/c1-42-21-19-37(20-22-43-2)45(40,41)27-13-11-26(12-14-27)31(38)34-32-30(33(39)36-16-7-4-8-17-36)28-15-18-35(24-29(28)44-32)23-25-9-5-3-6-10-25/h3,5-6,9-14H,4,7-8,15-24H2,1-2H3,(H,34,38). The largest absolute Gasteiger partial charge is 0.383 e. The molecule has 1 fully saturated rings. The van der Waals surface area contributed by atoms with Crippen molar-refractivity contribution in [1.82, 2.24) is 14.1 Å². The van der Waals surface area contributed by atoms with E-state index >= 15 is 0 Å². The van der Waals surface area contributed by atoms with Crippen LogP contribution in [0.5, 0.6) is 0 Å². The molecule has 0 spiro atoms. The number of fused-ring (bicyclic) bond motifs is 1. The number of carbonyl (C=O) groups is 2. The molecule has 0 saturated carbocycles. The zero-order chi connectivity index (χ0) is 31.8. The molecule has 0 aliphatic carbocycles. The number of ether oxygens (including phenoxy) is 2. The Bertz CT molecular complexity index is 1550. The molecule has 3 aromatic rings. The molecule has 45 heavy (non-hydrogen) atoms. The van der Waals surface area contributed by atoms with E-state index in [-0.39, 0.29) is 43.0 Å². The third-order valence-corrected chi connectivity index (χ3v) is 11.4. The van der Waals surface area contributed by atoms with Gasteiger partial charge in [-0.3, -0.25) is 14.5 Å². The van der Waals surface area contributed by atoms with E-state index < -0.39 is 10.0 Å². The minimum atomic E-state index is -3.82. The van der Waals surface area contributed by atoms with E-state index in [1.807, 2.05) is 23.1 Å². The second-order valence-corrected chi connectivity index (χ2v) is 14.4. The van der Waals surface area contributed by atoms with Gasteiger partial charge in [-0.2, -0.15) is 4.31 Å². The van der Waals surface area contributed by atoms with E-state index in [0.717, 1.165) is 62.3 Å². The van der Waals surface area contributed by atoms with Crippen LogP contribution in [0.25, 0.3) is 0 Å². The summed E-state index contributed by atoms with van der Waals surface area (Å²) in [6.07, 6.45) is 3.81. The van der Waals surface area contributed by atoms with Crippen molar-refractivity contribution < 1.29 is 27.5 Å². The molecule has 0 bridgehead atoms. The monoisotopic (exact) mass is 654 g/mol. The first kappa shape index (κ1) is 33.2. The van der Waals surface area contributed by atoms with E-state index in [4.69, 9.17) is 9.47 Å². The Morgan fingerprint density at radius 2 is 1.58 bits per heavy atom. The molecule has 2 aliphatic heterocycles. The first-order chi connectivity index (χ1) is 21.8. The maximum absolute atomic E-state index is 13.9. The molecule has 2 aliphatic rings. The van der Waals surface area contributed by atoms with E-state index in [1.165, 1.54) is 59.7 Å². The summed E-state index contributed by atoms with van der Waals surface area (Å²) in [4.78, 5) is 32.9. The molecular formula is C33H42N4O6S2. The van der Waals surface area contributed by atoms with Gasteiger partial charge in [0.2, 0.25) is 10.0 Å². The van der Waals surface area contributed by atoms with Crippen molar-refractivity contribution >= 4 is 38.2 Å². The van der Waals surface area contributed by atoms with Crippen molar-refractivity contribution in [3.63, 3.8) is 0 Å². The van der Waals surface area contributed by atoms with Gasteiger partial charge in [0.05, 0.1) is 23.7 Å². The molecule has 10 nitrogen and oxygen atoms in total. The van der Waals surface area contributed by atoms with Gasteiger partial charge in [0, 0.05) is 70.5 Å². The van der Waals surface area contributed by atoms with Crippen LogP contribution in [0, 0.1) is 0 Å². The van der Waals surface area contributed by atoms with Crippen LogP contribution in [0.1, 0.15) is 56.0 Å². The molecule has 0 unspecified atom stereocenters. The van der Waals surface area contributed by atoms with Crippen molar-refractivity contribution in [2.45, 2.75) is 43.7 Å². The van der Waals surface area contributed by atoms with Crippen LogP contribution in [0.15, 0.2) is 59.5 Å². The molecule has 2 aromatic carbocycles. The Balaban J connectivity index is 1.37. The van der Waals surface area contributed by atoms with Crippen LogP contribution in [-0.2, 0) is 39.0 Å². The highest BCUT2D eigenvalue weighted by Crippen LogP contribution is 2.39. The average Bonchev–Trinajstić information content (AvgIpc) is 3.42. The number of benzene rings is 2. The minimum Gasteiger partial charge on any atom is -0.383 e. The summed E-state index contributed by atoms with van der Waals surface area (Å²) in [7, 11) is -0.781. The number of sulfonamides is 1. The molecule has 1 saturated heterocycles. The normalized spacial score (nSPS) is 15.7. The van der Waals surface area contributed by atoms with Gasteiger partial charge in [-0.25, -0.2) is 8.42 Å². The fourth-order valence-corrected chi connectivity index (χ4v) is 8.53. The average molecular weight is 655 g/mol. The first-order valence-corrected chi connectivity index (χ1v) is 17.7. The number of hydrogen-bond donors (Lipinski definition) is 1. The van der Waals surface area contributed by atoms with Crippen LogP contribution < -0.4 is 5.32 Å². The second-order valence-electron chi connectivity index (χ2n) is 11.4. The smallest absolute Gasteiger partial charge is 0.257 e. The van der Waals surface area contributed by atoms with Crippen molar-refractivity contribution in [3.05, 3.63) is 81.7 Å².